The summed E-state index contributed by atoms with van der Waals surface area (Å²) in [6, 6.07) is 9.73. The van der Waals surface area contributed by atoms with Crippen LogP contribution in [0, 0.1) is 0 Å². The first-order chi connectivity index (χ1) is 21.1. The Labute approximate surface area is 284 Å². The summed E-state index contributed by atoms with van der Waals surface area (Å²) in [4.78, 5) is 0. The number of imidazole rings is 1. The molecule has 0 radical (unpaired) electrons. The molecule has 0 unspecified atom stereocenters. The van der Waals surface area contributed by atoms with Gasteiger partial charge in [0.1, 0.15) is 36.0 Å². The zero-order chi connectivity index (χ0) is 37.7. The van der Waals surface area contributed by atoms with Crippen LogP contribution in [0.25, 0.3) is 0 Å². The molecule has 0 bridgehead atoms. The van der Waals surface area contributed by atoms with Gasteiger partial charge in [0, 0.05) is 22.3 Å². The number of benzene rings is 2. The number of ether oxygens (including phenoxy) is 2. The van der Waals surface area contributed by atoms with Crippen molar-refractivity contribution in [1.82, 2.24) is 4.57 Å². The maximum absolute atomic E-state index is 10.7. The molecule has 2 atom stereocenters. The van der Waals surface area contributed by atoms with E-state index in [0.29, 0.717) is 0 Å². The Morgan fingerprint density at radius 1 is 0.583 bits per heavy atom. The first-order valence-electron chi connectivity index (χ1n) is 16.2. The average molecular weight is 707 g/mol. The number of hydrogen-bond acceptors (Lipinski definition) is 2. The second-order valence-corrected chi connectivity index (χ2v) is 18.8. The third-order valence-electron chi connectivity index (χ3n) is 8.40. The summed E-state index contributed by atoms with van der Waals surface area (Å²) in [5, 5.41) is 0. The molecule has 0 aliphatic carbocycles. The van der Waals surface area contributed by atoms with Crippen molar-refractivity contribution in [3.63, 3.8) is 0 Å². The Morgan fingerprint density at radius 2 is 0.875 bits per heavy atom. The van der Waals surface area contributed by atoms with Crippen LogP contribution >= 0.6 is 7.81 Å². The second-order valence-electron chi connectivity index (χ2n) is 16.9. The fourth-order valence-corrected chi connectivity index (χ4v) is 5.64. The number of halogens is 6. The van der Waals surface area contributed by atoms with Crippen molar-refractivity contribution in [3.8, 4) is 11.5 Å². The van der Waals surface area contributed by atoms with Crippen LogP contribution < -0.4 is 14.0 Å². The van der Waals surface area contributed by atoms with Crippen molar-refractivity contribution < 1.29 is 39.2 Å². The summed E-state index contributed by atoms with van der Waals surface area (Å²) in [5.41, 5.74) is 7.49. The van der Waals surface area contributed by atoms with E-state index in [1.165, 1.54) is 33.4 Å². The van der Waals surface area contributed by atoms with Crippen molar-refractivity contribution in [1.29, 1.82) is 0 Å². The van der Waals surface area contributed by atoms with Gasteiger partial charge in [-0.25, -0.2) is 9.13 Å². The Balaban J connectivity index is 0.00000103. The van der Waals surface area contributed by atoms with Crippen molar-refractivity contribution in [2.75, 3.05) is 14.2 Å². The fourth-order valence-electron chi connectivity index (χ4n) is 5.64. The van der Waals surface area contributed by atoms with Gasteiger partial charge in [0.2, 0.25) is 6.33 Å². The van der Waals surface area contributed by atoms with Gasteiger partial charge in [0.05, 0.1) is 14.2 Å². The molecular weight excluding hydrogens is 649 g/mol. The summed E-state index contributed by atoms with van der Waals surface area (Å²) >= 11 is 0. The quantitative estimate of drug-likeness (QED) is 0.145. The first-order valence-corrected chi connectivity index (χ1v) is 18.2. The van der Waals surface area contributed by atoms with Crippen LogP contribution in [-0.2, 0) is 21.7 Å². The molecule has 0 aliphatic rings. The van der Waals surface area contributed by atoms with Gasteiger partial charge in [-0.05, 0) is 70.9 Å². The molecule has 3 rings (SSSR count). The Hall–Kier alpha value is -2.74. The SMILES string of the molecule is COc1c(C(C)(C)C)cc([C@@H](C)n2cc[n+]([C@H](C)c3cc(C(C)(C)C)c(OC)c(C(C)(C)C)c3)c2)cc1C(C)(C)C.F[P-](F)(F)(F)(F)F. The van der Waals surface area contributed by atoms with Gasteiger partial charge in [0.15, 0.2) is 0 Å². The number of nitrogens with zero attached hydrogens (tertiary/aromatic N) is 2. The van der Waals surface area contributed by atoms with E-state index in [-0.39, 0.29) is 33.7 Å². The monoisotopic (exact) mass is 706 g/mol. The van der Waals surface area contributed by atoms with Crippen LogP contribution in [0.2, 0.25) is 0 Å². The van der Waals surface area contributed by atoms with Crippen LogP contribution in [-0.4, -0.2) is 18.8 Å². The van der Waals surface area contributed by atoms with Crippen molar-refractivity contribution in [2.24, 2.45) is 0 Å². The zero-order valence-corrected chi connectivity index (χ0v) is 32.5. The molecule has 0 saturated heterocycles. The molecule has 0 aliphatic heterocycles. The van der Waals surface area contributed by atoms with Crippen LogP contribution in [0.4, 0.5) is 25.2 Å². The summed E-state index contributed by atoms with van der Waals surface area (Å²) in [7, 11) is -7.06. The van der Waals surface area contributed by atoms with Gasteiger partial charge in [-0.1, -0.05) is 83.1 Å². The Bertz CT molecular complexity index is 1420. The van der Waals surface area contributed by atoms with Gasteiger partial charge in [-0.3, -0.25) is 0 Å². The second kappa shape index (κ2) is 12.5. The number of rotatable bonds is 6. The van der Waals surface area contributed by atoms with Crippen LogP contribution in [0.1, 0.15) is 142 Å². The molecule has 2 aromatic carbocycles. The summed E-state index contributed by atoms with van der Waals surface area (Å²) < 4.78 is 75.9. The van der Waals surface area contributed by atoms with E-state index >= 15 is 0 Å². The van der Waals surface area contributed by atoms with Gasteiger partial charge in [0.25, 0.3) is 0 Å². The summed E-state index contributed by atoms with van der Waals surface area (Å²) in [6.45, 7) is 31.8. The predicted molar refractivity (Wildman–Crippen MR) is 187 cm³/mol. The van der Waals surface area contributed by atoms with E-state index in [9.17, 15) is 25.2 Å². The molecule has 3 aromatic rings. The molecule has 0 amide bonds. The van der Waals surface area contributed by atoms with Crippen molar-refractivity contribution in [3.05, 3.63) is 76.4 Å². The van der Waals surface area contributed by atoms with Crippen molar-refractivity contribution >= 4 is 7.81 Å². The van der Waals surface area contributed by atoms with Gasteiger partial charge >= 0.3 is 33.0 Å². The normalized spacial score (nSPS) is 15.9. The maximum atomic E-state index is 9.87. The molecule has 1 aromatic heterocycles. The van der Waals surface area contributed by atoms with E-state index in [1.54, 1.807) is 14.2 Å². The first kappa shape index (κ1) is 41.4. The average Bonchev–Trinajstić information content (AvgIpc) is 3.37. The number of methoxy groups -OCH3 is 2. The fraction of sp³-hybridized carbons (Fsp3) is 0.595. The van der Waals surface area contributed by atoms with E-state index in [0.717, 1.165) is 11.5 Å². The number of aromatic nitrogens is 2. The minimum absolute atomic E-state index is 0.0317. The van der Waals surface area contributed by atoms with E-state index in [1.807, 2.05) is 0 Å². The molecule has 0 spiro atoms. The molecule has 0 N–H and O–H groups in total. The van der Waals surface area contributed by atoms with E-state index < -0.39 is 7.81 Å². The predicted octanol–water partition coefficient (Wildman–Crippen LogP) is 12.6. The molecular formula is C37H57F6N2O2P. The van der Waals surface area contributed by atoms with Crippen LogP contribution in [0.5, 0.6) is 11.5 Å². The summed E-state index contributed by atoms with van der Waals surface area (Å²) in [6.07, 6.45) is 6.67. The topological polar surface area (TPSA) is 27.3 Å². The van der Waals surface area contributed by atoms with Gasteiger partial charge in [-0.2, -0.15) is 0 Å². The van der Waals surface area contributed by atoms with Gasteiger partial charge < -0.3 is 9.47 Å². The number of hydrogen-bond donors (Lipinski definition) is 0. The Kier molecular flexibility index (Phi) is 10.8. The zero-order valence-electron chi connectivity index (χ0n) is 31.6. The van der Waals surface area contributed by atoms with E-state index in [4.69, 9.17) is 9.47 Å². The van der Waals surface area contributed by atoms with Crippen LogP contribution in [0.15, 0.2) is 43.0 Å². The molecule has 0 fully saturated rings. The third-order valence-corrected chi connectivity index (χ3v) is 8.40. The molecule has 48 heavy (non-hydrogen) atoms. The molecule has 11 heteroatoms. The molecule has 1 heterocycles. The van der Waals surface area contributed by atoms with Gasteiger partial charge in [-0.15, -0.1) is 0 Å². The molecule has 4 nitrogen and oxygen atoms in total. The molecule has 274 valence electrons. The molecule has 0 saturated carbocycles. The third kappa shape index (κ3) is 11.4. The standard InChI is InChI=1S/C37H57N2O2.F6P/c1-24(26-19-28(34(3,4)5)32(40-15)29(20-26)35(6,7)8)38-17-18-39(23-38)25(2)27-21-30(36(9,10)11)33(41-16)31(22-27)37(12,13)14;1-7(2,3,4,5)6/h17-25H,1-16H3;/q+1;-1/t24-,25-;/m1./s1. The van der Waals surface area contributed by atoms with Crippen LogP contribution in [0.3, 0.4) is 0 Å². The Morgan fingerprint density at radius 3 is 1.15 bits per heavy atom. The minimum atomic E-state index is -10.7. The summed E-state index contributed by atoms with van der Waals surface area (Å²) in [5.74, 6) is 2.03. The van der Waals surface area contributed by atoms with Crippen molar-refractivity contribution in [2.45, 2.75) is 131 Å². The van der Waals surface area contributed by atoms with E-state index in [2.05, 4.69) is 149 Å².